The molecule has 130 valence electrons. The normalized spacial score (nSPS) is 25.8. The van der Waals surface area contributed by atoms with Gasteiger partial charge in [-0.1, -0.05) is 25.4 Å². The van der Waals surface area contributed by atoms with Crippen LogP contribution in [0.15, 0.2) is 23.1 Å². The number of piperidine rings is 1. The Morgan fingerprint density at radius 1 is 1.50 bits per heavy atom. The SMILES string of the molecule is CC1(C)CN(C(=O)CC2Sc3ccc(Cl)cc3NC2=O)CCC1N. The first kappa shape index (κ1) is 17.6. The summed E-state index contributed by atoms with van der Waals surface area (Å²) in [6.07, 6.45) is 0.994. The molecule has 0 saturated carbocycles. The molecular weight excluding hydrogens is 346 g/mol. The standard InChI is InChI=1S/C17H22ClN3O2S/c1-17(2)9-21(6-5-14(17)19)15(22)8-13-16(23)20-11-7-10(18)3-4-12(11)24-13/h3-4,7,13-14H,5-6,8-9,19H2,1-2H3,(H,20,23). The summed E-state index contributed by atoms with van der Waals surface area (Å²) in [5, 5.41) is 3.01. The molecule has 1 fully saturated rings. The van der Waals surface area contributed by atoms with Crippen molar-refractivity contribution in [3.63, 3.8) is 0 Å². The summed E-state index contributed by atoms with van der Waals surface area (Å²) in [5.74, 6) is -0.129. The van der Waals surface area contributed by atoms with Crippen molar-refractivity contribution in [3.05, 3.63) is 23.2 Å². The van der Waals surface area contributed by atoms with Crippen LogP contribution in [0.2, 0.25) is 5.02 Å². The summed E-state index contributed by atoms with van der Waals surface area (Å²) in [7, 11) is 0. The molecule has 7 heteroatoms. The van der Waals surface area contributed by atoms with E-state index < -0.39 is 5.25 Å². The Balaban J connectivity index is 1.67. The van der Waals surface area contributed by atoms with Gasteiger partial charge in [0.2, 0.25) is 11.8 Å². The number of anilines is 1. The van der Waals surface area contributed by atoms with Gasteiger partial charge >= 0.3 is 0 Å². The monoisotopic (exact) mass is 367 g/mol. The van der Waals surface area contributed by atoms with E-state index in [9.17, 15) is 9.59 Å². The van der Waals surface area contributed by atoms with Gasteiger partial charge in [-0.15, -0.1) is 11.8 Å². The number of benzene rings is 1. The average Bonchev–Trinajstić information content (AvgIpc) is 2.50. The predicted molar refractivity (Wildman–Crippen MR) is 97.3 cm³/mol. The maximum Gasteiger partial charge on any atom is 0.238 e. The van der Waals surface area contributed by atoms with Crippen LogP contribution >= 0.6 is 23.4 Å². The van der Waals surface area contributed by atoms with Crippen molar-refractivity contribution < 1.29 is 9.59 Å². The van der Waals surface area contributed by atoms with Crippen molar-refractivity contribution in [1.29, 1.82) is 0 Å². The Bertz CT molecular complexity index is 680. The minimum Gasteiger partial charge on any atom is -0.342 e. The maximum absolute atomic E-state index is 12.6. The maximum atomic E-state index is 12.6. The van der Waals surface area contributed by atoms with Crippen molar-refractivity contribution in [2.45, 2.75) is 42.9 Å². The zero-order chi connectivity index (χ0) is 17.5. The van der Waals surface area contributed by atoms with Crippen LogP contribution in [0.5, 0.6) is 0 Å². The van der Waals surface area contributed by atoms with Gasteiger partial charge in [-0.05, 0) is 30.0 Å². The summed E-state index contributed by atoms with van der Waals surface area (Å²) in [4.78, 5) is 27.7. The number of carbonyl (C=O) groups excluding carboxylic acids is 2. The first-order chi connectivity index (χ1) is 11.3. The van der Waals surface area contributed by atoms with Gasteiger partial charge in [-0.3, -0.25) is 9.59 Å². The highest BCUT2D eigenvalue weighted by Crippen LogP contribution is 2.38. The number of likely N-dealkylation sites (tertiary alicyclic amines) is 1. The Labute approximate surface area is 151 Å². The van der Waals surface area contributed by atoms with Crippen LogP contribution < -0.4 is 11.1 Å². The Hall–Kier alpha value is -1.24. The highest BCUT2D eigenvalue weighted by molar-refractivity contribution is 8.01. The summed E-state index contributed by atoms with van der Waals surface area (Å²) >= 11 is 7.38. The number of nitrogens with zero attached hydrogens (tertiary/aromatic N) is 1. The first-order valence-corrected chi connectivity index (χ1v) is 9.32. The second kappa shape index (κ2) is 6.58. The third kappa shape index (κ3) is 3.55. The van der Waals surface area contributed by atoms with Crippen LogP contribution in [0.25, 0.3) is 0 Å². The van der Waals surface area contributed by atoms with E-state index in [0.29, 0.717) is 23.8 Å². The van der Waals surface area contributed by atoms with Crippen molar-refractivity contribution >= 4 is 40.9 Å². The topological polar surface area (TPSA) is 75.4 Å². The van der Waals surface area contributed by atoms with E-state index in [-0.39, 0.29) is 29.7 Å². The van der Waals surface area contributed by atoms with Gasteiger partial charge in [0.05, 0.1) is 10.9 Å². The number of fused-ring (bicyclic) bond motifs is 1. The molecule has 0 spiro atoms. The lowest BCUT2D eigenvalue weighted by atomic mass is 9.79. The zero-order valence-corrected chi connectivity index (χ0v) is 15.4. The Morgan fingerprint density at radius 2 is 2.25 bits per heavy atom. The summed E-state index contributed by atoms with van der Waals surface area (Å²) in [5.41, 5.74) is 6.75. The molecule has 2 aliphatic heterocycles. The third-order valence-electron chi connectivity index (χ3n) is 4.79. The van der Waals surface area contributed by atoms with E-state index in [1.54, 1.807) is 12.1 Å². The minimum atomic E-state index is -0.412. The fourth-order valence-corrected chi connectivity index (χ4v) is 4.39. The lowest BCUT2D eigenvalue weighted by molar-refractivity contribution is -0.135. The molecule has 1 saturated heterocycles. The van der Waals surface area contributed by atoms with Crippen LogP contribution in [0, 0.1) is 5.41 Å². The quantitative estimate of drug-likeness (QED) is 0.842. The number of hydrogen-bond acceptors (Lipinski definition) is 4. The molecule has 0 radical (unpaired) electrons. The molecule has 0 bridgehead atoms. The molecule has 2 amide bonds. The lowest BCUT2D eigenvalue weighted by Crippen LogP contribution is -2.54. The molecular formula is C17H22ClN3O2S. The largest absolute Gasteiger partial charge is 0.342 e. The molecule has 24 heavy (non-hydrogen) atoms. The molecule has 5 nitrogen and oxygen atoms in total. The van der Waals surface area contributed by atoms with E-state index >= 15 is 0 Å². The zero-order valence-electron chi connectivity index (χ0n) is 13.8. The first-order valence-electron chi connectivity index (χ1n) is 8.07. The van der Waals surface area contributed by atoms with Gasteiger partial charge in [-0.2, -0.15) is 0 Å². The number of thioether (sulfide) groups is 1. The number of rotatable bonds is 2. The number of halogens is 1. The number of hydrogen-bond donors (Lipinski definition) is 2. The van der Waals surface area contributed by atoms with Gasteiger partial charge in [0.25, 0.3) is 0 Å². The van der Waals surface area contributed by atoms with Crippen LogP contribution in [0.3, 0.4) is 0 Å². The van der Waals surface area contributed by atoms with Crippen molar-refractivity contribution in [3.8, 4) is 0 Å². The average molecular weight is 368 g/mol. The fraction of sp³-hybridized carbons (Fsp3) is 0.529. The fourth-order valence-electron chi connectivity index (χ4n) is 3.13. The van der Waals surface area contributed by atoms with Crippen molar-refractivity contribution in [2.24, 2.45) is 11.1 Å². The molecule has 1 aromatic rings. The molecule has 1 aromatic carbocycles. The molecule has 3 N–H and O–H groups in total. The summed E-state index contributed by atoms with van der Waals surface area (Å²) < 4.78 is 0. The molecule has 0 aromatic heterocycles. The van der Waals surface area contributed by atoms with Crippen LogP contribution in [0.1, 0.15) is 26.7 Å². The second-order valence-corrected chi connectivity index (χ2v) is 8.82. The van der Waals surface area contributed by atoms with Crippen LogP contribution in [-0.4, -0.2) is 41.1 Å². The molecule has 3 rings (SSSR count). The van der Waals surface area contributed by atoms with E-state index in [1.807, 2.05) is 11.0 Å². The van der Waals surface area contributed by atoms with Crippen molar-refractivity contribution in [1.82, 2.24) is 4.90 Å². The van der Waals surface area contributed by atoms with E-state index in [2.05, 4.69) is 19.2 Å². The minimum absolute atomic E-state index is 0.0139. The number of nitrogens with one attached hydrogen (secondary N) is 1. The molecule has 2 aliphatic rings. The van der Waals surface area contributed by atoms with Gasteiger partial charge in [0.15, 0.2) is 0 Å². The van der Waals surface area contributed by atoms with Crippen LogP contribution in [-0.2, 0) is 9.59 Å². The van der Waals surface area contributed by atoms with E-state index in [1.165, 1.54) is 11.8 Å². The lowest BCUT2D eigenvalue weighted by Gasteiger charge is -2.43. The summed E-state index contributed by atoms with van der Waals surface area (Å²) in [6, 6.07) is 5.50. The van der Waals surface area contributed by atoms with Gasteiger partial charge in [0, 0.05) is 35.5 Å². The predicted octanol–water partition coefficient (Wildman–Crippen LogP) is 2.73. The third-order valence-corrected chi connectivity index (χ3v) is 6.30. The number of carbonyl (C=O) groups is 2. The molecule has 2 heterocycles. The number of nitrogens with two attached hydrogens (primary N) is 1. The van der Waals surface area contributed by atoms with Crippen LogP contribution in [0.4, 0.5) is 5.69 Å². The molecule has 2 unspecified atom stereocenters. The number of amides is 2. The Morgan fingerprint density at radius 3 is 2.96 bits per heavy atom. The Kier molecular flexibility index (Phi) is 4.82. The van der Waals surface area contributed by atoms with Crippen molar-refractivity contribution in [2.75, 3.05) is 18.4 Å². The van der Waals surface area contributed by atoms with Gasteiger partial charge < -0.3 is 16.0 Å². The highest BCUT2D eigenvalue weighted by Gasteiger charge is 2.37. The molecule has 2 atom stereocenters. The van der Waals surface area contributed by atoms with E-state index in [0.717, 1.165) is 11.3 Å². The summed E-state index contributed by atoms with van der Waals surface area (Å²) in [6.45, 7) is 5.46. The van der Waals surface area contributed by atoms with Gasteiger partial charge in [0.1, 0.15) is 0 Å². The smallest absolute Gasteiger partial charge is 0.238 e. The van der Waals surface area contributed by atoms with E-state index in [4.69, 9.17) is 17.3 Å². The molecule has 0 aliphatic carbocycles. The highest BCUT2D eigenvalue weighted by atomic mass is 35.5. The second-order valence-electron chi connectivity index (χ2n) is 7.14. The van der Waals surface area contributed by atoms with Gasteiger partial charge in [-0.25, -0.2) is 0 Å².